The molecule has 1 fully saturated rings. The zero-order chi connectivity index (χ0) is 11.4. The van der Waals surface area contributed by atoms with Gasteiger partial charge in [0.15, 0.2) is 0 Å². The summed E-state index contributed by atoms with van der Waals surface area (Å²) in [4.78, 5) is 16.3. The summed E-state index contributed by atoms with van der Waals surface area (Å²) in [5.41, 5.74) is 0. The first-order chi connectivity index (χ1) is 7.00. The number of piperazine rings is 1. The molecule has 0 radical (unpaired) electrons. The zero-order valence-corrected chi connectivity index (χ0v) is 10.3. The van der Waals surface area contributed by atoms with Gasteiger partial charge >= 0.3 is 0 Å². The third-order valence-electron chi connectivity index (χ3n) is 2.90. The number of nitrogens with one attached hydrogen (secondary N) is 1. The first-order valence-corrected chi connectivity index (χ1v) is 5.73. The number of hydrogen-bond acceptors (Lipinski definition) is 3. The number of carbonyl (C=O) groups is 1. The van der Waals surface area contributed by atoms with Gasteiger partial charge in [0.2, 0.25) is 5.91 Å². The van der Waals surface area contributed by atoms with Crippen LogP contribution in [0.25, 0.3) is 0 Å². The van der Waals surface area contributed by atoms with E-state index < -0.39 is 0 Å². The Morgan fingerprint density at radius 1 is 1.13 bits per heavy atom. The summed E-state index contributed by atoms with van der Waals surface area (Å²) in [6, 6.07) is 0.230. The average Bonchev–Trinajstić information content (AvgIpc) is 2.17. The maximum absolute atomic E-state index is 11.8. The van der Waals surface area contributed by atoms with E-state index in [1.165, 1.54) is 0 Å². The van der Waals surface area contributed by atoms with Crippen molar-refractivity contribution in [3.05, 3.63) is 0 Å². The number of hydrogen-bond donors (Lipinski definition) is 1. The monoisotopic (exact) mass is 213 g/mol. The van der Waals surface area contributed by atoms with Crippen LogP contribution in [-0.2, 0) is 4.79 Å². The minimum absolute atomic E-state index is 0.00102. The van der Waals surface area contributed by atoms with Gasteiger partial charge in [0.25, 0.3) is 0 Å². The van der Waals surface area contributed by atoms with E-state index in [9.17, 15) is 4.79 Å². The van der Waals surface area contributed by atoms with Gasteiger partial charge in [0, 0.05) is 32.2 Å². The molecule has 0 aromatic rings. The summed E-state index contributed by atoms with van der Waals surface area (Å²) < 4.78 is 0. The molecule has 0 bridgehead atoms. The van der Waals surface area contributed by atoms with Gasteiger partial charge in [-0.1, -0.05) is 0 Å². The number of nitrogens with zero attached hydrogens (tertiary/aromatic N) is 2. The van der Waals surface area contributed by atoms with Crippen LogP contribution in [0.2, 0.25) is 0 Å². The minimum atomic E-state index is 0.00102. The van der Waals surface area contributed by atoms with E-state index in [4.69, 9.17) is 0 Å². The highest BCUT2D eigenvalue weighted by molar-refractivity contribution is 5.81. The highest BCUT2D eigenvalue weighted by Gasteiger charge is 2.24. The lowest BCUT2D eigenvalue weighted by Crippen LogP contribution is -2.53. The fraction of sp³-hybridized carbons (Fsp3) is 0.909. The van der Waals surface area contributed by atoms with Crippen molar-refractivity contribution >= 4 is 5.91 Å². The summed E-state index contributed by atoms with van der Waals surface area (Å²) in [6.45, 7) is 10.1. The van der Waals surface area contributed by atoms with Crippen molar-refractivity contribution in [1.82, 2.24) is 15.1 Å². The van der Waals surface area contributed by atoms with Crippen LogP contribution in [0.3, 0.4) is 0 Å². The fourth-order valence-electron chi connectivity index (χ4n) is 1.78. The van der Waals surface area contributed by atoms with Crippen molar-refractivity contribution in [2.45, 2.75) is 32.9 Å². The van der Waals surface area contributed by atoms with Crippen LogP contribution in [-0.4, -0.2) is 61.0 Å². The zero-order valence-electron chi connectivity index (χ0n) is 10.3. The second-order valence-electron chi connectivity index (χ2n) is 4.68. The Balaban J connectivity index is 2.39. The van der Waals surface area contributed by atoms with Crippen LogP contribution >= 0.6 is 0 Å². The molecule has 1 saturated heterocycles. The normalized spacial score (nSPS) is 21.7. The van der Waals surface area contributed by atoms with Gasteiger partial charge < -0.3 is 10.2 Å². The Morgan fingerprint density at radius 2 is 1.67 bits per heavy atom. The molecule has 1 heterocycles. The third-order valence-corrected chi connectivity index (χ3v) is 2.90. The predicted octanol–water partition coefficient (Wildman–Crippen LogP) is 0.147. The van der Waals surface area contributed by atoms with E-state index in [2.05, 4.69) is 22.2 Å². The molecule has 1 atom stereocenters. The number of likely N-dealkylation sites (N-methyl/N-ethyl adjacent to an activating group) is 1. The van der Waals surface area contributed by atoms with Crippen molar-refractivity contribution in [3.63, 3.8) is 0 Å². The van der Waals surface area contributed by atoms with Crippen LogP contribution in [0, 0.1) is 0 Å². The highest BCUT2D eigenvalue weighted by atomic mass is 16.2. The van der Waals surface area contributed by atoms with Gasteiger partial charge in [-0.15, -0.1) is 0 Å². The maximum Gasteiger partial charge on any atom is 0.237 e. The van der Waals surface area contributed by atoms with E-state index in [1.54, 1.807) is 0 Å². The molecule has 4 nitrogen and oxygen atoms in total. The molecule has 0 aliphatic carbocycles. The van der Waals surface area contributed by atoms with Gasteiger partial charge in [-0.05, 0) is 27.8 Å². The van der Waals surface area contributed by atoms with Crippen LogP contribution in [0.1, 0.15) is 20.8 Å². The van der Waals surface area contributed by atoms with Gasteiger partial charge in [0.05, 0.1) is 6.04 Å². The molecule has 1 aliphatic rings. The van der Waals surface area contributed by atoms with Crippen molar-refractivity contribution in [2.24, 2.45) is 0 Å². The first-order valence-electron chi connectivity index (χ1n) is 5.73. The SMILES string of the molecule is CC(C)NC(=O)C(C)N1CCN(C)CC1. The molecule has 1 N–H and O–H groups in total. The van der Waals surface area contributed by atoms with Gasteiger partial charge in [-0.2, -0.15) is 0 Å². The largest absolute Gasteiger partial charge is 0.353 e. The molecule has 1 amide bonds. The van der Waals surface area contributed by atoms with Crippen LogP contribution in [0.4, 0.5) is 0 Å². The second kappa shape index (κ2) is 5.47. The molecular weight excluding hydrogens is 190 g/mol. The molecule has 88 valence electrons. The van der Waals surface area contributed by atoms with E-state index in [1.807, 2.05) is 20.8 Å². The van der Waals surface area contributed by atoms with Crippen molar-refractivity contribution in [3.8, 4) is 0 Å². The fourth-order valence-corrected chi connectivity index (χ4v) is 1.78. The third kappa shape index (κ3) is 3.80. The Labute approximate surface area is 92.6 Å². The van der Waals surface area contributed by atoms with E-state index in [0.29, 0.717) is 0 Å². The molecule has 0 aromatic heterocycles. The van der Waals surface area contributed by atoms with Crippen LogP contribution in [0.5, 0.6) is 0 Å². The summed E-state index contributed by atoms with van der Waals surface area (Å²) in [7, 11) is 2.12. The van der Waals surface area contributed by atoms with Crippen LogP contribution < -0.4 is 5.32 Å². The van der Waals surface area contributed by atoms with Crippen LogP contribution in [0.15, 0.2) is 0 Å². The summed E-state index contributed by atoms with van der Waals surface area (Å²) in [5.74, 6) is 0.148. The lowest BCUT2D eigenvalue weighted by atomic mass is 10.2. The molecule has 0 aromatic carbocycles. The lowest BCUT2D eigenvalue weighted by molar-refractivity contribution is -0.127. The highest BCUT2D eigenvalue weighted by Crippen LogP contribution is 2.05. The Morgan fingerprint density at radius 3 is 2.13 bits per heavy atom. The first kappa shape index (κ1) is 12.5. The standard InChI is InChI=1S/C11H23N3O/c1-9(2)12-11(15)10(3)14-7-5-13(4)6-8-14/h9-10H,5-8H2,1-4H3,(H,12,15). The van der Waals surface area contributed by atoms with Crippen molar-refractivity contribution in [1.29, 1.82) is 0 Å². The summed E-state index contributed by atoms with van der Waals surface area (Å²) in [5, 5.41) is 2.96. The molecule has 15 heavy (non-hydrogen) atoms. The molecule has 4 heteroatoms. The van der Waals surface area contributed by atoms with Gasteiger partial charge in [0.1, 0.15) is 0 Å². The molecule has 1 rings (SSSR count). The molecule has 1 aliphatic heterocycles. The topological polar surface area (TPSA) is 35.6 Å². The molecule has 1 unspecified atom stereocenters. The summed E-state index contributed by atoms with van der Waals surface area (Å²) in [6.07, 6.45) is 0. The minimum Gasteiger partial charge on any atom is -0.353 e. The lowest BCUT2D eigenvalue weighted by Gasteiger charge is -2.35. The number of carbonyl (C=O) groups excluding carboxylic acids is 1. The predicted molar refractivity (Wildman–Crippen MR) is 61.8 cm³/mol. The van der Waals surface area contributed by atoms with E-state index in [0.717, 1.165) is 26.2 Å². The number of amides is 1. The quantitative estimate of drug-likeness (QED) is 0.725. The smallest absolute Gasteiger partial charge is 0.237 e. The Hall–Kier alpha value is -0.610. The maximum atomic E-state index is 11.8. The van der Waals surface area contributed by atoms with Gasteiger partial charge in [-0.25, -0.2) is 0 Å². The number of rotatable bonds is 3. The van der Waals surface area contributed by atoms with Crippen molar-refractivity contribution in [2.75, 3.05) is 33.2 Å². The Kier molecular flexibility index (Phi) is 4.54. The summed E-state index contributed by atoms with van der Waals surface area (Å²) >= 11 is 0. The molecule has 0 saturated carbocycles. The Bertz CT molecular complexity index is 210. The molecule has 0 spiro atoms. The molecular formula is C11H23N3O. The van der Waals surface area contributed by atoms with E-state index >= 15 is 0 Å². The van der Waals surface area contributed by atoms with E-state index in [-0.39, 0.29) is 18.0 Å². The second-order valence-corrected chi connectivity index (χ2v) is 4.68. The van der Waals surface area contributed by atoms with Crippen molar-refractivity contribution < 1.29 is 4.79 Å². The van der Waals surface area contributed by atoms with Gasteiger partial charge in [-0.3, -0.25) is 9.69 Å². The average molecular weight is 213 g/mol.